The average molecular weight is 554 g/mol. The summed E-state index contributed by atoms with van der Waals surface area (Å²) in [6.07, 6.45) is 9.33. The van der Waals surface area contributed by atoms with Crippen molar-refractivity contribution in [3.8, 4) is 6.07 Å². The van der Waals surface area contributed by atoms with E-state index in [2.05, 4.69) is 29.5 Å². The fourth-order valence-corrected chi connectivity index (χ4v) is 5.77. The number of hydrogen-bond acceptors (Lipinski definition) is 5. The number of nitrogens with zero attached hydrogens (tertiary/aromatic N) is 4. The molecular weight excluding hydrogens is 522 g/mol. The standard InChI is InChI=1S/C32H29F2N6O.H2/c1-19(15-37-31(41)21-4-3-20-10-22-11-24(22)14-32(2,18-35)27(20)13-21)9-23-12-25(5-6-28(23)36)39-7-8-40-29(17-39)26(16-38-40)30(33)34;/h3-6,9,11-13,16,30,36H,1,7-8,10,14-15,17H2,2H3,(H,37,41);1H/b23-9-,36-28?;/t32-;/m0./s1. The highest BCUT2D eigenvalue weighted by Gasteiger charge is 2.39. The van der Waals surface area contributed by atoms with Crippen LogP contribution in [0.2, 0.25) is 0 Å². The molecule has 0 saturated heterocycles. The zero-order valence-corrected chi connectivity index (χ0v) is 22.7. The highest BCUT2D eigenvalue weighted by Crippen LogP contribution is 2.47. The van der Waals surface area contributed by atoms with Gasteiger partial charge in [-0.05, 0) is 72.9 Å². The molecule has 0 saturated carbocycles. The summed E-state index contributed by atoms with van der Waals surface area (Å²) in [6, 6.07) is 8.03. The van der Waals surface area contributed by atoms with Gasteiger partial charge in [0, 0.05) is 37.8 Å². The van der Waals surface area contributed by atoms with Crippen LogP contribution in [0.1, 0.15) is 53.9 Å². The largest absolute Gasteiger partial charge is 0.364 e. The molecule has 209 valence electrons. The maximum atomic E-state index is 13.4. The number of aromatic nitrogens is 2. The van der Waals surface area contributed by atoms with E-state index < -0.39 is 11.8 Å². The molecule has 2 heterocycles. The Kier molecular flexibility index (Phi) is 6.57. The van der Waals surface area contributed by atoms with Crippen LogP contribution >= 0.6 is 0 Å². The van der Waals surface area contributed by atoms with Gasteiger partial charge in [-0.15, -0.1) is 0 Å². The SMILES string of the molecule is C=C(/C=C1/C=C(N2CCn3ncc(C(F)F)c3C2)C=CC1=N)CNC(=O)c1ccc2c(c1)[C@](C)(C#N)CC1=C([CH]1)C2.[HH]. The third kappa shape index (κ3) is 5.06. The number of nitrogens with one attached hydrogen (secondary N) is 2. The molecule has 2 aromatic rings. The summed E-state index contributed by atoms with van der Waals surface area (Å²) in [5, 5.41) is 25.3. The summed E-state index contributed by atoms with van der Waals surface area (Å²) in [7, 11) is 0. The molecule has 0 spiro atoms. The van der Waals surface area contributed by atoms with E-state index in [0.717, 1.165) is 23.2 Å². The number of rotatable bonds is 6. The predicted octanol–water partition coefficient (Wildman–Crippen LogP) is 5.51. The van der Waals surface area contributed by atoms with E-state index in [-0.39, 0.29) is 19.4 Å². The topological polar surface area (TPSA) is 97.8 Å². The van der Waals surface area contributed by atoms with Gasteiger partial charge in [0.15, 0.2) is 0 Å². The Morgan fingerprint density at radius 1 is 1.34 bits per heavy atom. The molecule has 1 aromatic heterocycles. The van der Waals surface area contributed by atoms with Crippen molar-refractivity contribution < 1.29 is 15.0 Å². The first kappa shape index (κ1) is 26.6. The Balaban J connectivity index is 0.00000353. The normalized spacial score (nSPS) is 22.0. The summed E-state index contributed by atoms with van der Waals surface area (Å²) in [6.45, 7) is 7.58. The molecule has 9 heteroatoms. The van der Waals surface area contributed by atoms with Crippen molar-refractivity contribution in [2.75, 3.05) is 13.1 Å². The number of fused-ring (bicyclic) bond motifs is 2. The van der Waals surface area contributed by atoms with E-state index in [1.165, 1.54) is 17.3 Å². The second kappa shape index (κ2) is 10.1. The molecule has 0 bridgehead atoms. The Morgan fingerprint density at radius 3 is 2.95 bits per heavy atom. The van der Waals surface area contributed by atoms with Gasteiger partial charge < -0.3 is 15.6 Å². The van der Waals surface area contributed by atoms with Crippen molar-refractivity contribution in [3.63, 3.8) is 0 Å². The van der Waals surface area contributed by atoms with Crippen molar-refractivity contribution in [3.05, 3.63) is 118 Å². The maximum Gasteiger partial charge on any atom is 0.267 e. The van der Waals surface area contributed by atoms with E-state index in [4.69, 9.17) is 5.41 Å². The summed E-state index contributed by atoms with van der Waals surface area (Å²) in [4.78, 5) is 15.1. The van der Waals surface area contributed by atoms with Gasteiger partial charge in [-0.25, -0.2) is 8.78 Å². The molecule has 7 nitrogen and oxygen atoms in total. The number of amides is 1. The number of alkyl halides is 2. The molecule has 1 aromatic carbocycles. The van der Waals surface area contributed by atoms with Crippen molar-refractivity contribution in [1.82, 2.24) is 20.0 Å². The van der Waals surface area contributed by atoms with Crippen molar-refractivity contribution in [1.29, 1.82) is 10.7 Å². The molecule has 0 unspecified atom stereocenters. The van der Waals surface area contributed by atoms with Crippen LogP contribution in [0.3, 0.4) is 0 Å². The van der Waals surface area contributed by atoms with Crippen LogP contribution in [0.25, 0.3) is 0 Å². The fraction of sp³-hybridized carbons (Fsp3) is 0.281. The van der Waals surface area contributed by atoms with Crippen LogP contribution < -0.4 is 5.32 Å². The van der Waals surface area contributed by atoms with E-state index in [1.54, 1.807) is 22.9 Å². The number of carbonyl (C=O) groups is 1. The second-order valence-electron chi connectivity index (χ2n) is 11.1. The summed E-state index contributed by atoms with van der Waals surface area (Å²) >= 11 is 0. The number of hydrogen-bond donors (Lipinski definition) is 2. The lowest BCUT2D eigenvalue weighted by atomic mass is 9.77. The zero-order valence-electron chi connectivity index (χ0n) is 22.7. The van der Waals surface area contributed by atoms with Gasteiger partial charge in [-0.2, -0.15) is 10.4 Å². The minimum absolute atomic E-state index is 0. The highest BCUT2D eigenvalue weighted by atomic mass is 19.3. The van der Waals surface area contributed by atoms with E-state index in [0.29, 0.717) is 54.2 Å². The monoisotopic (exact) mass is 553 g/mol. The molecular formula is C32H31F2N6O. The van der Waals surface area contributed by atoms with Crippen LogP contribution in [-0.2, 0) is 24.9 Å². The maximum absolute atomic E-state index is 13.4. The molecule has 0 fully saturated rings. The Hall–Kier alpha value is -4.58. The first-order valence-electron chi connectivity index (χ1n) is 13.5. The van der Waals surface area contributed by atoms with Crippen LogP contribution in [0, 0.1) is 23.2 Å². The van der Waals surface area contributed by atoms with Crippen LogP contribution in [0.15, 0.2) is 83.3 Å². The minimum Gasteiger partial charge on any atom is -0.364 e. The highest BCUT2D eigenvalue weighted by molar-refractivity contribution is 6.10. The van der Waals surface area contributed by atoms with E-state index in [1.807, 2.05) is 36.1 Å². The second-order valence-corrected chi connectivity index (χ2v) is 11.1. The third-order valence-electron chi connectivity index (χ3n) is 8.19. The average Bonchev–Trinajstić information content (AvgIpc) is 3.55. The first-order valence-corrected chi connectivity index (χ1v) is 13.5. The van der Waals surface area contributed by atoms with Crippen molar-refractivity contribution in [2.45, 2.75) is 44.7 Å². The van der Waals surface area contributed by atoms with E-state index >= 15 is 0 Å². The van der Waals surface area contributed by atoms with Gasteiger partial charge in [-0.3, -0.25) is 9.48 Å². The van der Waals surface area contributed by atoms with Gasteiger partial charge in [0.25, 0.3) is 12.3 Å². The summed E-state index contributed by atoms with van der Waals surface area (Å²) in [5.74, 6) is -0.261. The number of nitriles is 1. The van der Waals surface area contributed by atoms with Crippen LogP contribution in [0.4, 0.5) is 8.78 Å². The van der Waals surface area contributed by atoms with Gasteiger partial charge in [0.1, 0.15) is 0 Å². The van der Waals surface area contributed by atoms with Crippen LogP contribution in [0.5, 0.6) is 0 Å². The summed E-state index contributed by atoms with van der Waals surface area (Å²) < 4.78 is 28.5. The van der Waals surface area contributed by atoms with Gasteiger partial charge in [0.05, 0.1) is 47.7 Å². The molecule has 1 atom stereocenters. The fourth-order valence-electron chi connectivity index (χ4n) is 5.77. The quantitative estimate of drug-likeness (QED) is 0.493. The summed E-state index contributed by atoms with van der Waals surface area (Å²) in [5.41, 5.74) is 7.10. The molecule has 4 aliphatic rings. The molecule has 3 aliphatic carbocycles. The first-order chi connectivity index (χ1) is 19.6. The molecule has 6 rings (SSSR count). The minimum atomic E-state index is -2.58. The number of benzene rings is 1. The Labute approximate surface area is 238 Å². The lowest BCUT2D eigenvalue weighted by molar-refractivity contribution is 0.0957. The van der Waals surface area contributed by atoms with Crippen molar-refractivity contribution in [2.24, 2.45) is 0 Å². The van der Waals surface area contributed by atoms with Gasteiger partial charge in [0.2, 0.25) is 0 Å². The lowest BCUT2D eigenvalue weighted by Crippen LogP contribution is -2.34. The third-order valence-corrected chi connectivity index (χ3v) is 8.19. The molecule has 41 heavy (non-hydrogen) atoms. The molecule has 1 amide bonds. The smallest absolute Gasteiger partial charge is 0.267 e. The Morgan fingerprint density at radius 2 is 2.17 bits per heavy atom. The zero-order chi connectivity index (χ0) is 28.9. The Bertz CT molecular complexity index is 1670. The molecule has 2 N–H and O–H groups in total. The molecule has 1 aliphatic heterocycles. The van der Waals surface area contributed by atoms with Gasteiger partial charge in [-0.1, -0.05) is 23.8 Å². The number of halogens is 2. The predicted molar refractivity (Wildman–Crippen MR) is 153 cm³/mol. The van der Waals surface area contributed by atoms with Gasteiger partial charge >= 0.3 is 0 Å². The number of allylic oxidation sites excluding steroid dienone is 6. The number of carbonyl (C=O) groups excluding carboxylic acids is 1. The van der Waals surface area contributed by atoms with Crippen molar-refractivity contribution >= 4 is 11.6 Å². The molecule has 1 radical (unpaired) electrons. The van der Waals surface area contributed by atoms with E-state index in [9.17, 15) is 18.8 Å². The lowest BCUT2D eigenvalue weighted by Gasteiger charge is -2.32. The van der Waals surface area contributed by atoms with Crippen LogP contribution in [-0.4, -0.2) is 39.4 Å².